The van der Waals surface area contributed by atoms with E-state index in [-0.39, 0.29) is 0 Å². The van der Waals surface area contributed by atoms with Gasteiger partial charge in [-0.15, -0.1) is 11.3 Å². The van der Waals surface area contributed by atoms with Gasteiger partial charge in [-0.05, 0) is 24.3 Å². The molecule has 0 unspecified atom stereocenters. The summed E-state index contributed by atoms with van der Waals surface area (Å²) in [4.78, 5) is 8.79. The van der Waals surface area contributed by atoms with Crippen molar-refractivity contribution in [3.8, 4) is 0 Å². The van der Waals surface area contributed by atoms with Crippen molar-refractivity contribution in [3.63, 3.8) is 0 Å². The zero-order valence-corrected chi connectivity index (χ0v) is 12.3. The predicted molar refractivity (Wildman–Crippen MR) is 81.5 cm³/mol. The average molecular weight is 280 g/mol. The van der Waals surface area contributed by atoms with Gasteiger partial charge in [0.1, 0.15) is 0 Å². The van der Waals surface area contributed by atoms with Gasteiger partial charge in [0.25, 0.3) is 0 Å². The highest BCUT2D eigenvalue weighted by Crippen LogP contribution is 2.29. The standard InChI is InChI=1S/C14H20N2S2/c1-2-5-12(6-3-1)16-8-10-18-14(16)15-11-13-7-4-9-17-13/h4,7,9,12H,1-3,5-6,8,10-11H2. The molecule has 0 radical (unpaired) electrons. The SMILES string of the molecule is c1csc(CN=C2SCCN2C2CCCCC2)c1. The predicted octanol–water partition coefficient (Wildman–Crippen LogP) is 3.99. The van der Waals surface area contributed by atoms with Crippen LogP contribution in [-0.2, 0) is 6.54 Å². The van der Waals surface area contributed by atoms with Crippen LogP contribution in [0.1, 0.15) is 37.0 Å². The molecule has 2 heterocycles. The average Bonchev–Trinajstić information content (AvgIpc) is 3.09. The molecule has 1 aromatic heterocycles. The van der Waals surface area contributed by atoms with Crippen LogP contribution >= 0.6 is 23.1 Å². The van der Waals surface area contributed by atoms with Gasteiger partial charge in [-0.25, -0.2) is 0 Å². The first-order valence-corrected chi connectivity index (χ1v) is 8.76. The maximum Gasteiger partial charge on any atom is 0.159 e. The fourth-order valence-corrected chi connectivity index (χ4v) is 4.49. The molecule has 3 rings (SSSR count). The first-order valence-electron chi connectivity index (χ1n) is 6.90. The quantitative estimate of drug-likeness (QED) is 0.832. The maximum atomic E-state index is 4.84. The summed E-state index contributed by atoms with van der Waals surface area (Å²) in [5.41, 5.74) is 0. The number of nitrogens with zero attached hydrogens (tertiary/aromatic N) is 2. The van der Waals surface area contributed by atoms with Gasteiger partial charge in [0.05, 0.1) is 6.54 Å². The molecule has 1 aliphatic heterocycles. The van der Waals surface area contributed by atoms with Gasteiger partial charge in [-0.3, -0.25) is 4.99 Å². The van der Waals surface area contributed by atoms with E-state index in [1.807, 2.05) is 23.1 Å². The van der Waals surface area contributed by atoms with Crippen molar-refractivity contribution < 1.29 is 0 Å². The molecule has 1 aliphatic carbocycles. The van der Waals surface area contributed by atoms with E-state index >= 15 is 0 Å². The number of hydrogen-bond acceptors (Lipinski definition) is 3. The summed E-state index contributed by atoms with van der Waals surface area (Å²) >= 11 is 3.75. The highest BCUT2D eigenvalue weighted by atomic mass is 32.2. The smallest absolute Gasteiger partial charge is 0.159 e. The van der Waals surface area contributed by atoms with Crippen LogP contribution in [0.2, 0.25) is 0 Å². The lowest BCUT2D eigenvalue weighted by Gasteiger charge is -2.32. The molecule has 98 valence electrons. The minimum Gasteiger partial charge on any atom is -0.348 e. The summed E-state index contributed by atoms with van der Waals surface area (Å²) in [6, 6.07) is 5.07. The van der Waals surface area contributed by atoms with Gasteiger partial charge in [-0.1, -0.05) is 37.1 Å². The van der Waals surface area contributed by atoms with E-state index in [0.29, 0.717) is 0 Å². The van der Waals surface area contributed by atoms with Crippen LogP contribution in [0.15, 0.2) is 22.5 Å². The van der Waals surface area contributed by atoms with Crippen molar-refractivity contribution in [2.45, 2.75) is 44.7 Å². The molecule has 0 aromatic carbocycles. The first kappa shape index (κ1) is 12.5. The number of thioether (sulfide) groups is 1. The topological polar surface area (TPSA) is 15.6 Å². The third-order valence-electron chi connectivity index (χ3n) is 3.77. The largest absolute Gasteiger partial charge is 0.348 e. The summed E-state index contributed by atoms with van der Waals surface area (Å²) in [6.07, 6.45) is 6.99. The molecule has 0 bridgehead atoms. The van der Waals surface area contributed by atoms with Crippen molar-refractivity contribution >= 4 is 28.3 Å². The van der Waals surface area contributed by atoms with Gasteiger partial charge >= 0.3 is 0 Å². The van der Waals surface area contributed by atoms with Gasteiger partial charge in [0.2, 0.25) is 0 Å². The second-order valence-electron chi connectivity index (χ2n) is 5.01. The van der Waals surface area contributed by atoms with E-state index < -0.39 is 0 Å². The Labute approximate surface area is 117 Å². The van der Waals surface area contributed by atoms with Gasteiger partial charge in [-0.2, -0.15) is 0 Å². The summed E-state index contributed by atoms with van der Waals surface area (Å²) in [5, 5.41) is 3.44. The van der Waals surface area contributed by atoms with E-state index in [1.54, 1.807) is 0 Å². The fourth-order valence-electron chi connectivity index (χ4n) is 2.83. The molecule has 0 N–H and O–H groups in total. The third-order valence-corrected chi connectivity index (χ3v) is 5.64. The van der Waals surface area contributed by atoms with E-state index in [1.165, 1.54) is 54.4 Å². The molecular formula is C14H20N2S2. The Balaban J connectivity index is 1.64. The van der Waals surface area contributed by atoms with E-state index in [2.05, 4.69) is 22.4 Å². The Morgan fingerprint density at radius 3 is 2.94 bits per heavy atom. The Morgan fingerprint density at radius 2 is 2.17 bits per heavy atom. The summed E-state index contributed by atoms with van der Waals surface area (Å²) < 4.78 is 0. The summed E-state index contributed by atoms with van der Waals surface area (Å²) in [6.45, 7) is 2.07. The zero-order chi connectivity index (χ0) is 12.2. The molecule has 2 fully saturated rings. The lowest BCUT2D eigenvalue weighted by molar-refractivity contribution is 0.261. The molecule has 4 heteroatoms. The highest BCUT2D eigenvalue weighted by molar-refractivity contribution is 8.14. The summed E-state index contributed by atoms with van der Waals surface area (Å²) in [5.74, 6) is 1.22. The van der Waals surface area contributed by atoms with Crippen LogP contribution in [0, 0.1) is 0 Å². The Kier molecular flexibility index (Phi) is 4.26. The summed E-state index contributed by atoms with van der Waals surface area (Å²) in [7, 11) is 0. The van der Waals surface area contributed by atoms with Crippen LogP contribution in [-0.4, -0.2) is 28.4 Å². The molecule has 0 atom stereocenters. The Hall–Kier alpha value is -0.480. The molecule has 1 saturated heterocycles. The van der Waals surface area contributed by atoms with Crippen molar-refractivity contribution in [2.24, 2.45) is 4.99 Å². The van der Waals surface area contributed by atoms with Crippen LogP contribution < -0.4 is 0 Å². The van der Waals surface area contributed by atoms with Crippen molar-refractivity contribution in [3.05, 3.63) is 22.4 Å². The fraction of sp³-hybridized carbons (Fsp3) is 0.643. The lowest BCUT2D eigenvalue weighted by atomic mass is 9.94. The second kappa shape index (κ2) is 6.11. The van der Waals surface area contributed by atoms with Crippen LogP contribution in [0.3, 0.4) is 0 Å². The van der Waals surface area contributed by atoms with E-state index in [9.17, 15) is 0 Å². The number of hydrogen-bond donors (Lipinski definition) is 0. The maximum absolute atomic E-state index is 4.84. The molecule has 1 saturated carbocycles. The molecule has 0 amide bonds. The van der Waals surface area contributed by atoms with Crippen molar-refractivity contribution in [1.29, 1.82) is 0 Å². The monoisotopic (exact) mass is 280 g/mol. The number of amidine groups is 1. The third kappa shape index (κ3) is 2.91. The Morgan fingerprint density at radius 1 is 1.28 bits per heavy atom. The molecular weight excluding hydrogens is 260 g/mol. The Bertz CT molecular complexity index is 394. The normalized spacial score (nSPS) is 24.0. The molecule has 18 heavy (non-hydrogen) atoms. The molecule has 2 aliphatic rings. The number of thiophene rings is 1. The van der Waals surface area contributed by atoms with E-state index in [0.717, 1.165) is 12.6 Å². The van der Waals surface area contributed by atoms with Crippen LogP contribution in [0.4, 0.5) is 0 Å². The van der Waals surface area contributed by atoms with Gasteiger partial charge in [0.15, 0.2) is 5.17 Å². The second-order valence-corrected chi connectivity index (χ2v) is 7.11. The number of aliphatic imine (C=N–C) groups is 1. The van der Waals surface area contributed by atoms with Crippen molar-refractivity contribution in [1.82, 2.24) is 4.90 Å². The highest BCUT2D eigenvalue weighted by Gasteiger charge is 2.27. The minimum atomic E-state index is 0.774. The van der Waals surface area contributed by atoms with E-state index in [4.69, 9.17) is 4.99 Å². The minimum absolute atomic E-state index is 0.774. The molecule has 2 nitrogen and oxygen atoms in total. The first-order chi connectivity index (χ1) is 8.93. The van der Waals surface area contributed by atoms with Crippen LogP contribution in [0.25, 0.3) is 0 Å². The van der Waals surface area contributed by atoms with Gasteiger partial charge < -0.3 is 4.90 Å². The lowest BCUT2D eigenvalue weighted by Crippen LogP contribution is -2.37. The zero-order valence-electron chi connectivity index (χ0n) is 10.7. The van der Waals surface area contributed by atoms with Gasteiger partial charge in [0, 0.05) is 23.2 Å². The van der Waals surface area contributed by atoms with Crippen molar-refractivity contribution in [2.75, 3.05) is 12.3 Å². The molecule has 1 aromatic rings. The number of rotatable bonds is 3. The van der Waals surface area contributed by atoms with Crippen LogP contribution in [0.5, 0.6) is 0 Å². The molecule has 0 spiro atoms.